The maximum absolute atomic E-state index is 3.85. The van der Waals surface area contributed by atoms with Crippen LogP contribution in [-0.2, 0) is 0 Å². The standard InChI is InChI=1S/C5H11N3/c1-5(6-2)4-8-7-3/h4,7H,1-3H3/b6-5?,8-4-. The lowest BCUT2D eigenvalue weighted by molar-refractivity contribution is 0.910. The summed E-state index contributed by atoms with van der Waals surface area (Å²) < 4.78 is 0. The van der Waals surface area contributed by atoms with Crippen LogP contribution in [0.5, 0.6) is 0 Å². The number of nitrogens with one attached hydrogen (secondary N) is 1. The Bertz CT molecular complexity index is 104. The number of hydrogen-bond acceptors (Lipinski definition) is 3. The van der Waals surface area contributed by atoms with Crippen LogP contribution in [0.1, 0.15) is 6.92 Å². The monoisotopic (exact) mass is 113 g/mol. The number of hydrazone groups is 1. The minimum absolute atomic E-state index is 0.916. The molecule has 0 saturated heterocycles. The van der Waals surface area contributed by atoms with Crippen LogP contribution in [0.3, 0.4) is 0 Å². The minimum Gasteiger partial charge on any atom is -0.313 e. The molecule has 8 heavy (non-hydrogen) atoms. The van der Waals surface area contributed by atoms with Gasteiger partial charge in [-0.05, 0) is 6.92 Å². The zero-order valence-corrected chi connectivity index (χ0v) is 5.47. The van der Waals surface area contributed by atoms with Gasteiger partial charge in [0.2, 0.25) is 0 Å². The van der Waals surface area contributed by atoms with Gasteiger partial charge in [0.1, 0.15) is 0 Å². The van der Waals surface area contributed by atoms with E-state index in [1.165, 1.54) is 0 Å². The lowest BCUT2D eigenvalue weighted by atomic mass is 10.5. The van der Waals surface area contributed by atoms with E-state index >= 15 is 0 Å². The first kappa shape index (κ1) is 7.14. The second kappa shape index (κ2) is 4.30. The first-order valence-corrected chi connectivity index (χ1v) is 2.44. The summed E-state index contributed by atoms with van der Waals surface area (Å²) in [6, 6.07) is 0. The van der Waals surface area contributed by atoms with Crippen LogP contribution in [0, 0.1) is 0 Å². The molecule has 0 rings (SSSR count). The summed E-state index contributed by atoms with van der Waals surface area (Å²) in [6.07, 6.45) is 1.67. The fourth-order valence-corrected chi connectivity index (χ4v) is 0.216. The van der Waals surface area contributed by atoms with Crippen LogP contribution in [-0.4, -0.2) is 26.0 Å². The second-order valence-corrected chi connectivity index (χ2v) is 1.35. The topological polar surface area (TPSA) is 36.8 Å². The molecule has 0 bridgehead atoms. The summed E-state index contributed by atoms with van der Waals surface area (Å²) >= 11 is 0. The Morgan fingerprint density at radius 2 is 2.25 bits per heavy atom. The van der Waals surface area contributed by atoms with E-state index < -0.39 is 0 Å². The largest absolute Gasteiger partial charge is 0.313 e. The van der Waals surface area contributed by atoms with E-state index in [0.717, 1.165) is 5.71 Å². The van der Waals surface area contributed by atoms with Crippen molar-refractivity contribution in [3.8, 4) is 0 Å². The highest BCUT2D eigenvalue weighted by Crippen LogP contribution is 1.65. The molecule has 0 saturated carbocycles. The van der Waals surface area contributed by atoms with Crippen LogP contribution < -0.4 is 5.43 Å². The highest BCUT2D eigenvalue weighted by atomic mass is 15.3. The Hall–Kier alpha value is -0.860. The van der Waals surface area contributed by atoms with E-state index in [4.69, 9.17) is 0 Å². The van der Waals surface area contributed by atoms with Gasteiger partial charge < -0.3 is 5.43 Å². The predicted molar refractivity (Wildman–Crippen MR) is 36.6 cm³/mol. The molecule has 0 radical (unpaired) electrons. The van der Waals surface area contributed by atoms with Gasteiger partial charge in [-0.15, -0.1) is 0 Å². The zero-order chi connectivity index (χ0) is 6.41. The van der Waals surface area contributed by atoms with Crippen molar-refractivity contribution in [2.45, 2.75) is 6.92 Å². The van der Waals surface area contributed by atoms with Crippen molar-refractivity contribution >= 4 is 11.9 Å². The van der Waals surface area contributed by atoms with Crippen molar-refractivity contribution in [2.75, 3.05) is 14.1 Å². The van der Waals surface area contributed by atoms with Crippen LogP contribution in [0.15, 0.2) is 10.1 Å². The molecule has 0 aromatic carbocycles. The molecule has 0 aliphatic heterocycles. The molecule has 0 unspecified atom stereocenters. The molecule has 46 valence electrons. The van der Waals surface area contributed by atoms with Crippen molar-refractivity contribution in [1.29, 1.82) is 0 Å². The van der Waals surface area contributed by atoms with Crippen molar-refractivity contribution in [3.63, 3.8) is 0 Å². The maximum atomic E-state index is 3.85. The molecule has 0 heterocycles. The summed E-state index contributed by atoms with van der Waals surface area (Å²) in [5.74, 6) is 0. The Balaban J connectivity index is 3.53. The number of rotatable bonds is 2. The van der Waals surface area contributed by atoms with Gasteiger partial charge in [-0.3, -0.25) is 4.99 Å². The van der Waals surface area contributed by atoms with Gasteiger partial charge in [-0.2, -0.15) is 5.10 Å². The molecule has 0 spiro atoms. The summed E-state index contributed by atoms with van der Waals surface area (Å²) in [7, 11) is 3.48. The average Bonchev–Trinajstić information content (AvgIpc) is 1.83. The third-order valence-corrected chi connectivity index (χ3v) is 0.733. The molecular weight excluding hydrogens is 102 g/mol. The lowest BCUT2D eigenvalue weighted by Crippen LogP contribution is -1.99. The SMILES string of the molecule is CN=C(C)/C=N\NC. The molecule has 3 heteroatoms. The number of hydrogen-bond donors (Lipinski definition) is 1. The average molecular weight is 113 g/mol. The quantitative estimate of drug-likeness (QED) is 0.405. The van der Waals surface area contributed by atoms with Gasteiger partial charge in [0, 0.05) is 14.1 Å². The molecule has 0 aliphatic carbocycles. The smallest absolute Gasteiger partial charge is 0.0675 e. The molecular formula is C5H11N3. The van der Waals surface area contributed by atoms with Gasteiger partial charge in [0.25, 0.3) is 0 Å². The molecule has 3 nitrogen and oxygen atoms in total. The second-order valence-electron chi connectivity index (χ2n) is 1.35. The van der Waals surface area contributed by atoms with Gasteiger partial charge in [-0.1, -0.05) is 0 Å². The summed E-state index contributed by atoms with van der Waals surface area (Å²) in [5, 5.41) is 3.74. The maximum Gasteiger partial charge on any atom is 0.0675 e. The van der Waals surface area contributed by atoms with Gasteiger partial charge in [-0.25, -0.2) is 0 Å². The van der Waals surface area contributed by atoms with Crippen LogP contribution in [0.2, 0.25) is 0 Å². The van der Waals surface area contributed by atoms with E-state index in [1.807, 2.05) is 6.92 Å². The molecule has 0 aromatic rings. The molecule has 0 aliphatic rings. The molecule has 0 atom stereocenters. The van der Waals surface area contributed by atoms with Crippen molar-refractivity contribution < 1.29 is 0 Å². The lowest BCUT2D eigenvalue weighted by Gasteiger charge is -1.85. The first-order chi connectivity index (χ1) is 3.81. The number of nitrogens with zero attached hydrogens (tertiary/aromatic N) is 2. The molecule has 0 aromatic heterocycles. The van der Waals surface area contributed by atoms with Gasteiger partial charge >= 0.3 is 0 Å². The fourth-order valence-electron chi connectivity index (χ4n) is 0.216. The normalized spacial score (nSPS) is 12.6. The van der Waals surface area contributed by atoms with Crippen LogP contribution in [0.4, 0.5) is 0 Å². The fraction of sp³-hybridized carbons (Fsp3) is 0.600. The Labute approximate surface area is 49.5 Å². The summed E-state index contributed by atoms with van der Waals surface area (Å²) in [5.41, 5.74) is 3.54. The van der Waals surface area contributed by atoms with E-state index in [9.17, 15) is 0 Å². The van der Waals surface area contributed by atoms with Crippen LogP contribution in [0.25, 0.3) is 0 Å². The first-order valence-electron chi connectivity index (χ1n) is 2.44. The molecule has 0 amide bonds. The Morgan fingerprint density at radius 3 is 2.62 bits per heavy atom. The van der Waals surface area contributed by atoms with Gasteiger partial charge in [0.05, 0.1) is 11.9 Å². The van der Waals surface area contributed by atoms with Crippen molar-refractivity contribution in [3.05, 3.63) is 0 Å². The van der Waals surface area contributed by atoms with E-state index in [-0.39, 0.29) is 0 Å². The highest BCUT2D eigenvalue weighted by molar-refractivity contribution is 6.29. The predicted octanol–water partition coefficient (Wildman–Crippen LogP) is 0.282. The zero-order valence-electron chi connectivity index (χ0n) is 5.47. The highest BCUT2D eigenvalue weighted by Gasteiger charge is 1.75. The number of aliphatic imine (C=N–C) groups is 1. The summed E-state index contributed by atoms with van der Waals surface area (Å²) in [4.78, 5) is 3.85. The molecule has 0 fully saturated rings. The van der Waals surface area contributed by atoms with E-state index in [0.29, 0.717) is 0 Å². The minimum atomic E-state index is 0.916. The van der Waals surface area contributed by atoms with Crippen LogP contribution >= 0.6 is 0 Å². The van der Waals surface area contributed by atoms with E-state index in [2.05, 4.69) is 15.5 Å². The van der Waals surface area contributed by atoms with Crippen molar-refractivity contribution in [1.82, 2.24) is 5.43 Å². The van der Waals surface area contributed by atoms with Gasteiger partial charge in [0.15, 0.2) is 0 Å². The summed E-state index contributed by atoms with van der Waals surface area (Å²) in [6.45, 7) is 1.89. The third-order valence-electron chi connectivity index (χ3n) is 0.733. The van der Waals surface area contributed by atoms with Crippen molar-refractivity contribution in [2.24, 2.45) is 10.1 Å². The van der Waals surface area contributed by atoms with E-state index in [1.54, 1.807) is 20.3 Å². The molecule has 1 N–H and O–H groups in total. The Morgan fingerprint density at radius 1 is 1.62 bits per heavy atom. The third kappa shape index (κ3) is 3.33. The Kier molecular flexibility index (Phi) is 3.84.